The topological polar surface area (TPSA) is 98.6 Å². The van der Waals surface area contributed by atoms with Gasteiger partial charge in [-0.1, -0.05) is 12.1 Å². The van der Waals surface area contributed by atoms with Gasteiger partial charge in [-0.2, -0.15) is 0 Å². The second kappa shape index (κ2) is 9.15. The lowest BCUT2D eigenvalue weighted by Gasteiger charge is -2.34. The number of nitrogens with one attached hydrogen (secondary N) is 1. The second-order valence-corrected chi connectivity index (χ2v) is 7.24. The number of rotatable bonds is 4. The molecular weight excluding hydrogens is 417 g/mol. The number of hydrogen-bond donors (Lipinski definition) is 1. The number of anilines is 2. The summed E-state index contributed by atoms with van der Waals surface area (Å²) in [5.74, 6) is -0.110. The Hall–Kier alpha value is -3.79. The monoisotopic (exact) mass is 439 g/mol. The van der Waals surface area contributed by atoms with Gasteiger partial charge in [-0.05, 0) is 23.8 Å². The molecule has 0 bridgehead atoms. The number of carbonyl (C=O) groups is 1. The Bertz CT molecular complexity index is 1180. The van der Waals surface area contributed by atoms with Crippen LogP contribution in [0.5, 0.6) is 0 Å². The minimum atomic E-state index is -0.546. The molecule has 1 N–H and O–H groups in total. The Morgan fingerprint density at radius 1 is 1.28 bits per heavy atom. The molecule has 0 saturated carbocycles. The van der Waals surface area contributed by atoms with E-state index in [1.54, 1.807) is 19.2 Å². The quantitative estimate of drug-likeness (QED) is 0.667. The molecule has 1 aliphatic heterocycles. The summed E-state index contributed by atoms with van der Waals surface area (Å²) in [5, 5.41) is 2.60. The van der Waals surface area contributed by atoms with Gasteiger partial charge in [0.15, 0.2) is 5.82 Å². The van der Waals surface area contributed by atoms with Gasteiger partial charge in [0.05, 0.1) is 32.2 Å². The van der Waals surface area contributed by atoms with Crippen LogP contribution in [0.1, 0.15) is 11.7 Å². The molecule has 0 aliphatic carbocycles. The van der Waals surface area contributed by atoms with Gasteiger partial charge in [-0.3, -0.25) is 19.7 Å². The van der Waals surface area contributed by atoms with E-state index in [1.165, 1.54) is 30.0 Å². The second-order valence-electron chi connectivity index (χ2n) is 7.24. The van der Waals surface area contributed by atoms with Crippen molar-refractivity contribution < 1.29 is 18.7 Å². The fourth-order valence-corrected chi connectivity index (χ4v) is 3.51. The minimum Gasteiger partial charge on any atom is -0.453 e. The molecular formula is C22H22FN5O4. The van der Waals surface area contributed by atoms with E-state index < -0.39 is 11.9 Å². The Labute approximate surface area is 183 Å². The summed E-state index contributed by atoms with van der Waals surface area (Å²) in [7, 11) is 2.93. The fraction of sp³-hybridized carbons (Fsp3) is 0.273. The number of morpholine rings is 1. The molecule has 1 aromatic carbocycles. The maximum Gasteiger partial charge on any atom is 0.411 e. The van der Waals surface area contributed by atoms with E-state index in [4.69, 9.17) is 4.74 Å². The lowest BCUT2D eigenvalue weighted by Crippen LogP contribution is -2.41. The average Bonchev–Trinajstić information content (AvgIpc) is 2.81. The van der Waals surface area contributed by atoms with Crippen LogP contribution in [0.4, 0.5) is 20.8 Å². The summed E-state index contributed by atoms with van der Waals surface area (Å²) >= 11 is 0. The molecule has 9 nitrogen and oxygen atoms in total. The highest BCUT2D eigenvalue weighted by atomic mass is 19.1. The van der Waals surface area contributed by atoms with Gasteiger partial charge < -0.3 is 14.4 Å². The van der Waals surface area contributed by atoms with Gasteiger partial charge in [0.1, 0.15) is 6.10 Å². The van der Waals surface area contributed by atoms with E-state index >= 15 is 0 Å². The fourth-order valence-electron chi connectivity index (χ4n) is 3.51. The first-order chi connectivity index (χ1) is 15.5. The van der Waals surface area contributed by atoms with Crippen molar-refractivity contribution in [2.45, 2.75) is 6.10 Å². The van der Waals surface area contributed by atoms with Crippen LogP contribution in [0.3, 0.4) is 0 Å². The van der Waals surface area contributed by atoms with Crippen molar-refractivity contribution in [1.29, 1.82) is 0 Å². The first kappa shape index (κ1) is 21.4. The molecule has 2 aromatic heterocycles. The molecule has 1 unspecified atom stereocenters. The van der Waals surface area contributed by atoms with Gasteiger partial charge in [-0.15, -0.1) is 0 Å². The van der Waals surface area contributed by atoms with Gasteiger partial charge in [-0.25, -0.2) is 14.2 Å². The van der Waals surface area contributed by atoms with Crippen LogP contribution in [0.25, 0.3) is 11.3 Å². The van der Waals surface area contributed by atoms with Crippen LogP contribution in [0.15, 0.2) is 53.6 Å². The zero-order valence-electron chi connectivity index (χ0n) is 17.6. The third kappa shape index (κ3) is 4.45. The number of ether oxygens (including phenoxy) is 2. The van der Waals surface area contributed by atoms with Crippen LogP contribution in [0, 0.1) is 5.82 Å². The van der Waals surface area contributed by atoms with E-state index in [2.05, 4.69) is 20.0 Å². The smallest absolute Gasteiger partial charge is 0.411 e. The first-order valence-corrected chi connectivity index (χ1v) is 9.95. The van der Waals surface area contributed by atoms with Crippen LogP contribution in [-0.2, 0) is 16.5 Å². The Balaban J connectivity index is 1.59. The Morgan fingerprint density at radius 2 is 2.06 bits per heavy atom. The molecule has 3 heterocycles. The van der Waals surface area contributed by atoms with E-state index in [1.807, 2.05) is 17.0 Å². The third-order valence-electron chi connectivity index (χ3n) is 5.22. The number of carbonyl (C=O) groups excluding carboxylic acids is 1. The predicted molar refractivity (Wildman–Crippen MR) is 116 cm³/mol. The molecule has 0 radical (unpaired) electrons. The Morgan fingerprint density at radius 3 is 2.78 bits per heavy atom. The summed E-state index contributed by atoms with van der Waals surface area (Å²) in [6.45, 7) is 1.41. The molecule has 1 atom stereocenters. The zero-order chi connectivity index (χ0) is 22.7. The van der Waals surface area contributed by atoms with Crippen molar-refractivity contribution in [3.05, 3.63) is 70.5 Å². The van der Waals surface area contributed by atoms with Crippen molar-refractivity contribution >= 4 is 17.7 Å². The molecule has 1 saturated heterocycles. The zero-order valence-corrected chi connectivity index (χ0v) is 17.6. The van der Waals surface area contributed by atoms with Crippen molar-refractivity contribution in [2.24, 2.45) is 7.05 Å². The Kier molecular flexibility index (Phi) is 6.13. The van der Waals surface area contributed by atoms with Crippen LogP contribution in [-0.4, -0.2) is 47.4 Å². The highest BCUT2D eigenvalue weighted by Gasteiger charge is 2.25. The van der Waals surface area contributed by atoms with Crippen molar-refractivity contribution in [3.63, 3.8) is 0 Å². The SMILES string of the molecule is COC(=O)Nc1ccc(C2CN(c3nc(-c4ccncc4F)cc(=O)n3C)CCO2)cc1. The largest absolute Gasteiger partial charge is 0.453 e. The van der Waals surface area contributed by atoms with E-state index in [9.17, 15) is 14.0 Å². The maximum atomic E-state index is 14.2. The minimum absolute atomic E-state index is 0.220. The standard InChI is InChI=1S/C22H22FN5O4/c1-27-20(29)11-18(16-7-8-24-12-17(16)23)26-21(27)28-9-10-32-19(13-28)14-3-5-15(6-4-14)25-22(30)31-2/h3-8,11-12,19H,9-10,13H2,1-2H3,(H,25,30). The molecule has 10 heteroatoms. The van der Waals surface area contributed by atoms with E-state index in [-0.39, 0.29) is 22.9 Å². The van der Waals surface area contributed by atoms with Crippen molar-refractivity contribution in [1.82, 2.24) is 14.5 Å². The van der Waals surface area contributed by atoms with Crippen molar-refractivity contribution in [2.75, 3.05) is 37.0 Å². The lowest BCUT2D eigenvalue weighted by molar-refractivity contribution is 0.0390. The van der Waals surface area contributed by atoms with Crippen LogP contribution in [0.2, 0.25) is 0 Å². The summed E-state index contributed by atoms with van der Waals surface area (Å²) in [6, 6.07) is 10.0. The van der Waals surface area contributed by atoms with Crippen LogP contribution < -0.4 is 15.8 Å². The maximum absolute atomic E-state index is 14.2. The number of pyridine rings is 1. The lowest BCUT2D eigenvalue weighted by atomic mass is 10.1. The number of methoxy groups -OCH3 is 1. The number of nitrogens with zero attached hydrogens (tertiary/aromatic N) is 4. The molecule has 166 valence electrons. The summed E-state index contributed by atoms with van der Waals surface area (Å²) < 4.78 is 26.2. The average molecular weight is 439 g/mol. The van der Waals surface area contributed by atoms with Crippen molar-refractivity contribution in [3.8, 4) is 11.3 Å². The summed E-state index contributed by atoms with van der Waals surface area (Å²) in [5.41, 5.74) is 1.69. The van der Waals surface area contributed by atoms with E-state index in [0.717, 1.165) is 11.8 Å². The number of halogens is 1. The number of benzene rings is 1. The molecule has 1 amide bonds. The highest BCUT2D eigenvalue weighted by Crippen LogP contribution is 2.27. The molecule has 3 aromatic rings. The van der Waals surface area contributed by atoms with E-state index in [0.29, 0.717) is 31.3 Å². The summed E-state index contributed by atoms with van der Waals surface area (Å²) in [4.78, 5) is 34.2. The highest BCUT2D eigenvalue weighted by molar-refractivity contribution is 5.84. The number of hydrogen-bond acceptors (Lipinski definition) is 7. The van der Waals surface area contributed by atoms with Crippen LogP contribution >= 0.6 is 0 Å². The van der Waals surface area contributed by atoms with Gasteiger partial charge in [0, 0.05) is 37.1 Å². The van der Waals surface area contributed by atoms with Gasteiger partial charge >= 0.3 is 6.09 Å². The third-order valence-corrected chi connectivity index (χ3v) is 5.22. The molecule has 1 fully saturated rings. The molecule has 4 rings (SSSR count). The van der Waals surface area contributed by atoms with Gasteiger partial charge in [0.2, 0.25) is 5.95 Å². The first-order valence-electron chi connectivity index (χ1n) is 9.95. The normalized spacial score (nSPS) is 16.0. The summed E-state index contributed by atoms with van der Waals surface area (Å²) in [6.07, 6.45) is 1.74. The predicted octanol–water partition coefficient (Wildman–Crippen LogP) is 2.74. The molecule has 32 heavy (non-hydrogen) atoms. The number of aromatic nitrogens is 3. The number of amides is 1. The molecule has 1 aliphatic rings. The van der Waals surface area contributed by atoms with Gasteiger partial charge in [0.25, 0.3) is 5.56 Å². The molecule has 0 spiro atoms.